The van der Waals surface area contributed by atoms with E-state index in [2.05, 4.69) is 19.2 Å². The van der Waals surface area contributed by atoms with Crippen LogP contribution in [0.25, 0.3) is 0 Å². The second-order valence-electron chi connectivity index (χ2n) is 5.36. The number of hydrogen-bond acceptors (Lipinski definition) is 2. The molecule has 0 saturated carbocycles. The van der Waals surface area contributed by atoms with Crippen LogP contribution < -0.4 is 5.32 Å². The lowest BCUT2D eigenvalue weighted by molar-refractivity contribution is -0.129. The number of carbonyl (C=O) groups excluding carboxylic acids is 1. The van der Waals surface area contributed by atoms with E-state index in [1.165, 1.54) is 5.56 Å². The molecule has 19 heavy (non-hydrogen) atoms. The van der Waals surface area contributed by atoms with E-state index in [0.29, 0.717) is 6.04 Å². The molecule has 0 bridgehead atoms. The summed E-state index contributed by atoms with van der Waals surface area (Å²) >= 11 is 5.86. The van der Waals surface area contributed by atoms with Crippen LogP contribution in [0.3, 0.4) is 0 Å². The maximum atomic E-state index is 12.2. The Labute approximate surface area is 119 Å². The van der Waals surface area contributed by atoms with Crippen molar-refractivity contribution in [3.05, 3.63) is 34.9 Å². The van der Waals surface area contributed by atoms with E-state index in [0.717, 1.165) is 31.0 Å². The van der Waals surface area contributed by atoms with Crippen LogP contribution in [0.4, 0.5) is 0 Å². The number of nitrogens with zero attached hydrogens (tertiary/aromatic N) is 1. The number of rotatable bonds is 5. The Hall–Kier alpha value is -1.06. The van der Waals surface area contributed by atoms with Crippen molar-refractivity contribution in [2.24, 2.45) is 0 Å². The van der Waals surface area contributed by atoms with Crippen LogP contribution >= 0.6 is 11.6 Å². The van der Waals surface area contributed by atoms with Crippen LogP contribution in [-0.2, 0) is 11.2 Å². The molecule has 3 nitrogen and oxygen atoms in total. The van der Waals surface area contributed by atoms with Crippen molar-refractivity contribution in [2.75, 3.05) is 13.1 Å². The van der Waals surface area contributed by atoms with Gasteiger partial charge in [0.15, 0.2) is 0 Å². The third kappa shape index (κ3) is 3.95. The minimum absolute atomic E-state index is 0.00483. The van der Waals surface area contributed by atoms with Gasteiger partial charge in [0.1, 0.15) is 0 Å². The average molecular weight is 281 g/mol. The fraction of sp³-hybridized carbons (Fsp3) is 0.533. The lowest BCUT2D eigenvalue weighted by Gasteiger charge is -2.18. The maximum absolute atomic E-state index is 12.2. The molecule has 1 unspecified atom stereocenters. The van der Waals surface area contributed by atoms with E-state index in [1.807, 2.05) is 29.2 Å². The van der Waals surface area contributed by atoms with Crippen LogP contribution in [-0.4, -0.2) is 36.0 Å². The summed E-state index contributed by atoms with van der Waals surface area (Å²) in [6, 6.07) is 8.19. The first-order valence-corrected chi connectivity index (χ1v) is 7.23. The number of nitrogens with one attached hydrogen (secondary N) is 1. The van der Waals surface area contributed by atoms with Gasteiger partial charge in [0.2, 0.25) is 5.91 Å². The normalized spacial score (nSPS) is 19.5. The van der Waals surface area contributed by atoms with Gasteiger partial charge >= 0.3 is 0 Å². The molecular weight excluding hydrogens is 260 g/mol. The van der Waals surface area contributed by atoms with E-state index < -0.39 is 0 Å². The summed E-state index contributed by atoms with van der Waals surface area (Å²) in [5.41, 5.74) is 1.22. The van der Waals surface area contributed by atoms with Crippen molar-refractivity contribution in [3.8, 4) is 0 Å². The number of halogens is 1. The van der Waals surface area contributed by atoms with Crippen LogP contribution in [0.15, 0.2) is 24.3 Å². The van der Waals surface area contributed by atoms with Gasteiger partial charge in [0, 0.05) is 24.2 Å². The Balaban J connectivity index is 1.84. The van der Waals surface area contributed by atoms with Gasteiger partial charge in [-0.15, -0.1) is 0 Å². The lowest BCUT2D eigenvalue weighted by Crippen LogP contribution is -2.41. The third-order valence-corrected chi connectivity index (χ3v) is 3.67. The molecule has 0 aromatic heterocycles. The van der Waals surface area contributed by atoms with Gasteiger partial charge < -0.3 is 10.2 Å². The first-order chi connectivity index (χ1) is 9.06. The van der Waals surface area contributed by atoms with Gasteiger partial charge in [-0.25, -0.2) is 0 Å². The SMILES string of the molecule is CC(C)NC1CCN(CCc2ccc(Cl)cc2)C1=O. The van der Waals surface area contributed by atoms with E-state index in [9.17, 15) is 4.79 Å². The second-order valence-corrected chi connectivity index (χ2v) is 5.80. The minimum Gasteiger partial charge on any atom is -0.341 e. The van der Waals surface area contributed by atoms with Crippen molar-refractivity contribution in [2.45, 2.75) is 38.8 Å². The Kier molecular flexibility index (Phi) is 4.83. The van der Waals surface area contributed by atoms with Crippen molar-refractivity contribution >= 4 is 17.5 Å². The van der Waals surface area contributed by atoms with Crippen LogP contribution in [0, 0.1) is 0 Å². The van der Waals surface area contributed by atoms with E-state index in [4.69, 9.17) is 11.6 Å². The predicted molar refractivity (Wildman–Crippen MR) is 78.4 cm³/mol. The zero-order chi connectivity index (χ0) is 13.8. The molecule has 4 heteroatoms. The zero-order valence-electron chi connectivity index (χ0n) is 11.5. The van der Waals surface area contributed by atoms with Crippen molar-refractivity contribution in [1.29, 1.82) is 0 Å². The number of likely N-dealkylation sites (tertiary alicyclic amines) is 1. The smallest absolute Gasteiger partial charge is 0.239 e. The summed E-state index contributed by atoms with van der Waals surface area (Å²) in [7, 11) is 0. The highest BCUT2D eigenvalue weighted by atomic mass is 35.5. The predicted octanol–water partition coefficient (Wildman–Crippen LogP) is 2.48. The minimum atomic E-state index is 0.00483. The summed E-state index contributed by atoms with van der Waals surface area (Å²) in [5.74, 6) is 0.239. The first-order valence-electron chi connectivity index (χ1n) is 6.85. The molecule has 2 rings (SSSR count). The van der Waals surface area contributed by atoms with Crippen molar-refractivity contribution in [1.82, 2.24) is 10.2 Å². The topological polar surface area (TPSA) is 32.3 Å². The molecule has 1 aliphatic heterocycles. The Morgan fingerprint density at radius 3 is 2.68 bits per heavy atom. The monoisotopic (exact) mass is 280 g/mol. The maximum Gasteiger partial charge on any atom is 0.239 e. The van der Waals surface area contributed by atoms with Gasteiger partial charge in [-0.1, -0.05) is 37.6 Å². The van der Waals surface area contributed by atoms with Gasteiger partial charge in [0.05, 0.1) is 6.04 Å². The summed E-state index contributed by atoms with van der Waals surface area (Å²) in [4.78, 5) is 14.1. The molecule has 1 aliphatic rings. The Bertz CT molecular complexity index is 430. The van der Waals surface area contributed by atoms with Crippen molar-refractivity contribution in [3.63, 3.8) is 0 Å². The highest BCUT2D eigenvalue weighted by molar-refractivity contribution is 6.30. The van der Waals surface area contributed by atoms with E-state index in [1.54, 1.807) is 0 Å². The molecule has 0 spiro atoms. The molecule has 0 aliphatic carbocycles. The molecule has 1 heterocycles. The fourth-order valence-corrected chi connectivity index (χ4v) is 2.56. The molecule has 1 N–H and O–H groups in total. The zero-order valence-corrected chi connectivity index (χ0v) is 12.3. The van der Waals surface area contributed by atoms with E-state index >= 15 is 0 Å². The lowest BCUT2D eigenvalue weighted by atomic mass is 10.1. The summed E-state index contributed by atoms with van der Waals surface area (Å²) in [6.45, 7) is 5.79. The van der Waals surface area contributed by atoms with Gasteiger partial charge in [-0.05, 0) is 30.5 Å². The summed E-state index contributed by atoms with van der Waals surface area (Å²) < 4.78 is 0. The molecular formula is C15H21ClN2O. The van der Waals surface area contributed by atoms with E-state index in [-0.39, 0.29) is 11.9 Å². The molecule has 1 aromatic rings. The fourth-order valence-electron chi connectivity index (χ4n) is 2.43. The second kappa shape index (κ2) is 6.40. The Morgan fingerprint density at radius 2 is 2.05 bits per heavy atom. The van der Waals surface area contributed by atoms with Crippen LogP contribution in [0.5, 0.6) is 0 Å². The Morgan fingerprint density at radius 1 is 1.37 bits per heavy atom. The third-order valence-electron chi connectivity index (χ3n) is 3.42. The number of hydrogen-bond donors (Lipinski definition) is 1. The van der Waals surface area contributed by atoms with Crippen LogP contribution in [0.1, 0.15) is 25.8 Å². The number of amides is 1. The largest absolute Gasteiger partial charge is 0.341 e. The summed E-state index contributed by atoms with van der Waals surface area (Å²) in [6.07, 6.45) is 1.80. The van der Waals surface area contributed by atoms with Gasteiger partial charge in [0.25, 0.3) is 0 Å². The van der Waals surface area contributed by atoms with Gasteiger partial charge in [-0.2, -0.15) is 0 Å². The highest BCUT2D eigenvalue weighted by Gasteiger charge is 2.31. The molecule has 1 amide bonds. The first kappa shape index (κ1) is 14.4. The quantitative estimate of drug-likeness (QED) is 0.899. The van der Waals surface area contributed by atoms with Crippen LogP contribution in [0.2, 0.25) is 5.02 Å². The molecule has 1 saturated heterocycles. The molecule has 1 aromatic carbocycles. The average Bonchev–Trinajstić information content (AvgIpc) is 2.70. The molecule has 1 atom stereocenters. The number of benzene rings is 1. The molecule has 0 radical (unpaired) electrons. The standard InChI is InChI=1S/C15H21ClN2O/c1-11(2)17-14-8-10-18(15(14)19)9-7-12-3-5-13(16)6-4-12/h3-6,11,14,17H,7-10H2,1-2H3. The molecule has 1 fully saturated rings. The molecule has 104 valence electrons. The number of carbonyl (C=O) groups is 1. The highest BCUT2D eigenvalue weighted by Crippen LogP contribution is 2.14. The summed E-state index contributed by atoms with van der Waals surface area (Å²) in [5, 5.41) is 4.07. The van der Waals surface area contributed by atoms with Gasteiger partial charge in [-0.3, -0.25) is 4.79 Å². The van der Waals surface area contributed by atoms with Crippen molar-refractivity contribution < 1.29 is 4.79 Å².